The summed E-state index contributed by atoms with van der Waals surface area (Å²) in [4.78, 5) is 14.9. The van der Waals surface area contributed by atoms with Crippen molar-refractivity contribution in [2.75, 3.05) is 13.1 Å². The molecule has 1 aromatic rings. The number of nitrogens with zero attached hydrogens (tertiary/aromatic N) is 1. The van der Waals surface area contributed by atoms with Crippen molar-refractivity contribution in [2.24, 2.45) is 17.0 Å². The zero-order chi connectivity index (χ0) is 18.2. The lowest BCUT2D eigenvalue weighted by Crippen LogP contribution is -2.44. The van der Waals surface area contributed by atoms with Crippen LogP contribution in [0.2, 0.25) is 0 Å². The highest BCUT2D eigenvalue weighted by Gasteiger charge is 2.33. The maximum absolute atomic E-state index is 12.9. The Balaban J connectivity index is 1.85. The molecule has 6 heteroatoms. The molecule has 25 heavy (non-hydrogen) atoms. The number of hydrogen-bond acceptors (Lipinski definition) is 3. The molecular weight excluding hydrogens is 336 g/mol. The number of amides is 1. The zero-order valence-corrected chi connectivity index (χ0v) is 15.9. The number of benzene rings is 1. The Morgan fingerprint density at radius 2 is 1.84 bits per heavy atom. The lowest BCUT2D eigenvalue weighted by molar-refractivity contribution is 0.0520. The van der Waals surface area contributed by atoms with Crippen molar-refractivity contribution in [3.05, 3.63) is 29.3 Å². The number of carbonyl (C=O) groups is 1. The van der Waals surface area contributed by atoms with Gasteiger partial charge in [0.05, 0.1) is 4.90 Å². The van der Waals surface area contributed by atoms with Gasteiger partial charge < -0.3 is 4.90 Å². The molecule has 1 saturated heterocycles. The Labute approximate surface area is 150 Å². The SMILES string of the molecule is CC(C)c1ccc(C(=O)N2CCC3CCCCC3C2)cc1S(N)(=O)=O. The van der Waals surface area contributed by atoms with E-state index in [1.54, 1.807) is 12.1 Å². The van der Waals surface area contributed by atoms with Gasteiger partial charge in [-0.15, -0.1) is 0 Å². The lowest BCUT2D eigenvalue weighted by atomic mass is 9.75. The van der Waals surface area contributed by atoms with E-state index in [4.69, 9.17) is 5.14 Å². The fraction of sp³-hybridized carbons (Fsp3) is 0.632. The normalized spacial score (nSPS) is 24.2. The van der Waals surface area contributed by atoms with Gasteiger partial charge in [0.2, 0.25) is 10.0 Å². The smallest absolute Gasteiger partial charge is 0.253 e. The molecule has 2 fully saturated rings. The highest BCUT2D eigenvalue weighted by atomic mass is 32.2. The summed E-state index contributed by atoms with van der Waals surface area (Å²) >= 11 is 0. The average molecular weight is 365 g/mol. The van der Waals surface area contributed by atoms with Crippen LogP contribution in [-0.2, 0) is 10.0 Å². The van der Waals surface area contributed by atoms with Crippen molar-refractivity contribution in [2.45, 2.75) is 56.8 Å². The van der Waals surface area contributed by atoms with E-state index in [-0.39, 0.29) is 16.7 Å². The van der Waals surface area contributed by atoms with Crippen molar-refractivity contribution in [3.8, 4) is 0 Å². The van der Waals surface area contributed by atoms with Crippen LogP contribution in [0.1, 0.15) is 67.8 Å². The second-order valence-electron chi connectivity index (χ2n) is 7.80. The van der Waals surface area contributed by atoms with Crippen LogP contribution < -0.4 is 5.14 Å². The minimum Gasteiger partial charge on any atom is -0.338 e. The molecule has 1 saturated carbocycles. The highest BCUT2D eigenvalue weighted by Crippen LogP contribution is 2.36. The molecule has 138 valence electrons. The Morgan fingerprint density at radius 1 is 1.16 bits per heavy atom. The van der Waals surface area contributed by atoms with Gasteiger partial charge in [-0.1, -0.05) is 39.2 Å². The van der Waals surface area contributed by atoms with Crippen molar-refractivity contribution >= 4 is 15.9 Å². The minimum absolute atomic E-state index is 0.0236. The molecule has 2 N–H and O–H groups in total. The molecule has 2 atom stereocenters. The third-order valence-electron chi connectivity index (χ3n) is 5.77. The van der Waals surface area contributed by atoms with Crippen molar-refractivity contribution in [3.63, 3.8) is 0 Å². The van der Waals surface area contributed by atoms with Gasteiger partial charge in [-0.05, 0) is 48.3 Å². The molecule has 1 aromatic carbocycles. The molecular formula is C19H28N2O3S. The second-order valence-corrected chi connectivity index (χ2v) is 9.33. The molecule has 0 bridgehead atoms. The summed E-state index contributed by atoms with van der Waals surface area (Å²) in [5.74, 6) is 1.29. The second kappa shape index (κ2) is 7.08. The number of likely N-dealkylation sites (tertiary alicyclic amines) is 1. The number of hydrogen-bond donors (Lipinski definition) is 1. The van der Waals surface area contributed by atoms with Crippen LogP contribution in [0.15, 0.2) is 23.1 Å². The van der Waals surface area contributed by atoms with Gasteiger partial charge in [0.25, 0.3) is 5.91 Å². The maximum atomic E-state index is 12.9. The van der Waals surface area contributed by atoms with Crippen molar-refractivity contribution in [1.29, 1.82) is 0 Å². The Morgan fingerprint density at radius 3 is 2.48 bits per heavy atom. The summed E-state index contributed by atoms with van der Waals surface area (Å²) in [5, 5.41) is 5.38. The average Bonchev–Trinajstić information content (AvgIpc) is 2.59. The zero-order valence-electron chi connectivity index (χ0n) is 15.1. The van der Waals surface area contributed by atoms with Gasteiger partial charge in [-0.2, -0.15) is 0 Å². The summed E-state index contributed by atoms with van der Waals surface area (Å²) in [7, 11) is -3.86. The van der Waals surface area contributed by atoms with E-state index >= 15 is 0 Å². The monoisotopic (exact) mass is 364 g/mol. The molecule has 1 aliphatic carbocycles. The molecule has 0 aromatic heterocycles. The van der Waals surface area contributed by atoms with E-state index in [1.165, 1.54) is 31.7 Å². The number of primary sulfonamides is 1. The Kier molecular flexibility index (Phi) is 5.21. The number of fused-ring (bicyclic) bond motifs is 1. The van der Waals surface area contributed by atoms with Crippen LogP contribution >= 0.6 is 0 Å². The van der Waals surface area contributed by atoms with Gasteiger partial charge in [-0.25, -0.2) is 13.6 Å². The van der Waals surface area contributed by atoms with Crippen molar-refractivity contribution in [1.82, 2.24) is 4.90 Å². The van der Waals surface area contributed by atoms with Crippen LogP contribution in [-0.4, -0.2) is 32.3 Å². The maximum Gasteiger partial charge on any atom is 0.253 e. The Hall–Kier alpha value is -1.40. The first-order chi connectivity index (χ1) is 11.8. The predicted octanol–water partition coefficient (Wildman–Crippen LogP) is 3.11. The number of sulfonamides is 1. The van der Waals surface area contributed by atoms with E-state index in [0.29, 0.717) is 17.0 Å². The molecule has 5 nitrogen and oxygen atoms in total. The first-order valence-electron chi connectivity index (χ1n) is 9.23. The molecule has 0 radical (unpaired) electrons. The molecule has 1 heterocycles. The summed E-state index contributed by atoms with van der Waals surface area (Å²) in [6.07, 6.45) is 6.10. The largest absolute Gasteiger partial charge is 0.338 e. The van der Waals surface area contributed by atoms with Crippen LogP contribution in [0, 0.1) is 11.8 Å². The topological polar surface area (TPSA) is 80.5 Å². The number of nitrogens with two attached hydrogens (primary N) is 1. The molecule has 2 aliphatic rings. The summed E-state index contributed by atoms with van der Waals surface area (Å²) in [6.45, 7) is 5.38. The lowest BCUT2D eigenvalue weighted by Gasteiger charge is -2.41. The number of carbonyl (C=O) groups excluding carboxylic acids is 1. The molecule has 3 rings (SSSR count). The van der Waals surface area contributed by atoms with E-state index in [0.717, 1.165) is 25.4 Å². The van der Waals surface area contributed by atoms with Crippen LogP contribution in [0.25, 0.3) is 0 Å². The third-order valence-corrected chi connectivity index (χ3v) is 6.73. The van der Waals surface area contributed by atoms with Gasteiger partial charge in [0.15, 0.2) is 0 Å². The molecule has 1 amide bonds. The van der Waals surface area contributed by atoms with E-state index in [2.05, 4.69) is 0 Å². The minimum atomic E-state index is -3.86. The predicted molar refractivity (Wildman–Crippen MR) is 97.9 cm³/mol. The van der Waals surface area contributed by atoms with Crippen molar-refractivity contribution < 1.29 is 13.2 Å². The fourth-order valence-corrected chi connectivity index (χ4v) is 5.28. The third kappa shape index (κ3) is 3.90. The first-order valence-corrected chi connectivity index (χ1v) is 10.8. The van der Waals surface area contributed by atoms with Gasteiger partial charge >= 0.3 is 0 Å². The summed E-state index contributed by atoms with van der Waals surface area (Å²) in [6, 6.07) is 4.92. The standard InChI is InChI=1S/C19H28N2O3S/c1-13(2)17-8-7-15(11-18(17)25(20,23)24)19(22)21-10-9-14-5-3-4-6-16(14)12-21/h7-8,11,13-14,16H,3-6,9-10,12H2,1-2H3,(H2,20,23,24). The number of rotatable bonds is 3. The molecule has 1 aliphatic heterocycles. The van der Waals surface area contributed by atoms with Gasteiger partial charge in [0, 0.05) is 18.7 Å². The van der Waals surface area contributed by atoms with Crippen LogP contribution in [0.4, 0.5) is 0 Å². The fourth-order valence-electron chi connectivity index (χ4n) is 4.36. The van der Waals surface area contributed by atoms with Crippen LogP contribution in [0.3, 0.4) is 0 Å². The van der Waals surface area contributed by atoms with Gasteiger partial charge in [-0.3, -0.25) is 4.79 Å². The number of piperidine rings is 1. The summed E-state index contributed by atoms with van der Waals surface area (Å²) in [5.41, 5.74) is 1.08. The quantitative estimate of drug-likeness (QED) is 0.895. The molecule has 2 unspecified atom stereocenters. The molecule has 0 spiro atoms. The first kappa shape index (κ1) is 18.4. The Bertz CT molecular complexity index is 758. The highest BCUT2D eigenvalue weighted by molar-refractivity contribution is 7.89. The van der Waals surface area contributed by atoms with Gasteiger partial charge in [0.1, 0.15) is 0 Å². The van der Waals surface area contributed by atoms with Crippen LogP contribution in [0.5, 0.6) is 0 Å². The van der Waals surface area contributed by atoms with E-state index in [9.17, 15) is 13.2 Å². The van der Waals surface area contributed by atoms with E-state index in [1.807, 2.05) is 18.7 Å². The summed E-state index contributed by atoms with van der Waals surface area (Å²) < 4.78 is 23.9. The van der Waals surface area contributed by atoms with E-state index < -0.39 is 10.0 Å².